The number of carbonyl (C=O) groups is 1. The fraction of sp³-hybridized carbons (Fsp3) is 0.300. The number of rotatable bonds is 3. The molecule has 1 aromatic carbocycles. The SMILES string of the molecule is CN(C)C1CCc2[nH]c3ccc(NC(=O)c4cccnc4)cc3c2C1. The molecule has 25 heavy (non-hydrogen) atoms. The van der Waals surface area contributed by atoms with Crippen LogP contribution in [0.1, 0.15) is 28.0 Å². The number of hydrogen-bond acceptors (Lipinski definition) is 3. The summed E-state index contributed by atoms with van der Waals surface area (Å²) in [4.78, 5) is 22.2. The van der Waals surface area contributed by atoms with Gasteiger partial charge in [-0.25, -0.2) is 0 Å². The minimum absolute atomic E-state index is 0.136. The zero-order valence-electron chi connectivity index (χ0n) is 14.5. The third-order valence-corrected chi connectivity index (χ3v) is 5.07. The number of hydrogen-bond donors (Lipinski definition) is 2. The van der Waals surface area contributed by atoms with E-state index in [0.29, 0.717) is 11.6 Å². The first-order valence-electron chi connectivity index (χ1n) is 8.63. The van der Waals surface area contributed by atoms with Crippen LogP contribution in [0.5, 0.6) is 0 Å². The highest BCUT2D eigenvalue weighted by atomic mass is 16.1. The molecular formula is C20H22N4O. The maximum atomic E-state index is 12.4. The maximum absolute atomic E-state index is 12.4. The lowest BCUT2D eigenvalue weighted by Crippen LogP contribution is -2.33. The molecule has 0 fully saturated rings. The number of nitrogens with one attached hydrogen (secondary N) is 2. The van der Waals surface area contributed by atoms with Gasteiger partial charge in [0.05, 0.1) is 5.56 Å². The number of fused-ring (bicyclic) bond motifs is 3. The van der Waals surface area contributed by atoms with Gasteiger partial charge in [-0.05, 0) is 69.3 Å². The highest BCUT2D eigenvalue weighted by molar-refractivity contribution is 6.05. The molecule has 1 unspecified atom stereocenters. The molecule has 0 saturated carbocycles. The molecule has 2 heterocycles. The first-order valence-corrected chi connectivity index (χ1v) is 8.63. The van der Waals surface area contributed by atoms with E-state index in [1.54, 1.807) is 24.5 Å². The van der Waals surface area contributed by atoms with E-state index in [2.05, 4.69) is 46.4 Å². The second-order valence-corrected chi connectivity index (χ2v) is 6.90. The molecule has 3 aromatic rings. The van der Waals surface area contributed by atoms with Crippen LogP contribution in [0.25, 0.3) is 10.9 Å². The molecule has 128 valence electrons. The topological polar surface area (TPSA) is 61.0 Å². The summed E-state index contributed by atoms with van der Waals surface area (Å²) in [5.41, 5.74) is 5.24. The number of carbonyl (C=O) groups excluding carboxylic acids is 1. The van der Waals surface area contributed by atoms with Gasteiger partial charge in [0.15, 0.2) is 0 Å². The Balaban J connectivity index is 1.64. The van der Waals surface area contributed by atoms with E-state index in [1.807, 2.05) is 6.07 Å². The van der Waals surface area contributed by atoms with Crippen molar-refractivity contribution >= 4 is 22.5 Å². The number of pyridine rings is 1. The largest absolute Gasteiger partial charge is 0.358 e. The zero-order chi connectivity index (χ0) is 17.4. The average Bonchev–Trinajstić information content (AvgIpc) is 2.99. The Morgan fingerprint density at radius 1 is 1.32 bits per heavy atom. The molecular weight excluding hydrogens is 312 g/mol. The van der Waals surface area contributed by atoms with E-state index in [1.165, 1.54) is 23.1 Å². The van der Waals surface area contributed by atoms with E-state index < -0.39 is 0 Å². The summed E-state index contributed by atoms with van der Waals surface area (Å²) in [6, 6.07) is 10.2. The predicted molar refractivity (Wildman–Crippen MR) is 100.0 cm³/mol. The van der Waals surface area contributed by atoms with Gasteiger partial charge in [-0.1, -0.05) is 0 Å². The highest BCUT2D eigenvalue weighted by Crippen LogP contribution is 2.32. The van der Waals surface area contributed by atoms with Crippen LogP contribution < -0.4 is 5.32 Å². The smallest absolute Gasteiger partial charge is 0.257 e. The van der Waals surface area contributed by atoms with E-state index in [4.69, 9.17) is 0 Å². The second-order valence-electron chi connectivity index (χ2n) is 6.90. The Kier molecular flexibility index (Phi) is 4.01. The number of likely N-dealkylation sites (N-methyl/N-ethyl adjacent to an activating group) is 1. The van der Waals surface area contributed by atoms with Gasteiger partial charge < -0.3 is 15.2 Å². The fourth-order valence-corrected chi connectivity index (χ4v) is 3.62. The lowest BCUT2D eigenvalue weighted by Gasteiger charge is -2.28. The molecule has 1 atom stereocenters. The van der Waals surface area contributed by atoms with E-state index >= 15 is 0 Å². The first kappa shape index (κ1) is 15.8. The monoisotopic (exact) mass is 334 g/mol. The molecule has 5 nitrogen and oxygen atoms in total. The van der Waals surface area contributed by atoms with Gasteiger partial charge in [-0.3, -0.25) is 9.78 Å². The normalized spacial score (nSPS) is 16.8. The highest BCUT2D eigenvalue weighted by Gasteiger charge is 2.23. The second kappa shape index (κ2) is 6.33. The van der Waals surface area contributed by atoms with Crippen LogP contribution in [-0.2, 0) is 12.8 Å². The van der Waals surface area contributed by atoms with Crippen molar-refractivity contribution in [2.75, 3.05) is 19.4 Å². The van der Waals surface area contributed by atoms with E-state index in [-0.39, 0.29) is 5.91 Å². The molecule has 0 spiro atoms. The molecule has 1 aliphatic rings. The van der Waals surface area contributed by atoms with Crippen LogP contribution in [0.4, 0.5) is 5.69 Å². The van der Waals surface area contributed by atoms with Gasteiger partial charge in [0.2, 0.25) is 0 Å². The van der Waals surface area contributed by atoms with Gasteiger partial charge in [0, 0.05) is 40.7 Å². The number of aryl methyl sites for hydroxylation is 1. The van der Waals surface area contributed by atoms with E-state index in [9.17, 15) is 4.79 Å². The molecule has 5 heteroatoms. The molecule has 0 radical (unpaired) electrons. The van der Waals surface area contributed by atoms with Crippen molar-refractivity contribution in [2.24, 2.45) is 0 Å². The van der Waals surface area contributed by atoms with Crippen molar-refractivity contribution in [3.63, 3.8) is 0 Å². The van der Waals surface area contributed by atoms with Crippen LogP contribution >= 0.6 is 0 Å². The van der Waals surface area contributed by atoms with Crippen molar-refractivity contribution in [3.8, 4) is 0 Å². The molecule has 4 rings (SSSR count). The summed E-state index contributed by atoms with van der Waals surface area (Å²) < 4.78 is 0. The quantitative estimate of drug-likeness (QED) is 0.773. The van der Waals surface area contributed by atoms with Crippen LogP contribution in [-0.4, -0.2) is 40.9 Å². The Bertz CT molecular complexity index is 914. The summed E-state index contributed by atoms with van der Waals surface area (Å²) >= 11 is 0. The number of anilines is 1. The molecule has 1 amide bonds. The third-order valence-electron chi connectivity index (χ3n) is 5.07. The van der Waals surface area contributed by atoms with Gasteiger partial charge in [0.25, 0.3) is 5.91 Å². The summed E-state index contributed by atoms with van der Waals surface area (Å²) in [5.74, 6) is -0.136. The fourth-order valence-electron chi connectivity index (χ4n) is 3.62. The van der Waals surface area contributed by atoms with Crippen molar-refractivity contribution in [1.29, 1.82) is 0 Å². The van der Waals surface area contributed by atoms with Gasteiger partial charge in [0.1, 0.15) is 0 Å². The summed E-state index contributed by atoms with van der Waals surface area (Å²) in [6.07, 6.45) is 6.54. The number of aromatic amines is 1. The minimum atomic E-state index is -0.136. The Labute approximate surface area is 147 Å². The molecule has 0 saturated heterocycles. The predicted octanol–water partition coefficient (Wildman–Crippen LogP) is 3.23. The minimum Gasteiger partial charge on any atom is -0.358 e. The molecule has 2 N–H and O–H groups in total. The number of benzene rings is 1. The number of aromatic nitrogens is 2. The summed E-state index contributed by atoms with van der Waals surface area (Å²) in [7, 11) is 4.29. The van der Waals surface area contributed by atoms with Gasteiger partial charge in [-0.2, -0.15) is 0 Å². The molecule has 2 aromatic heterocycles. The molecule has 0 aliphatic heterocycles. The van der Waals surface area contributed by atoms with Crippen molar-refractivity contribution in [2.45, 2.75) is 25.3 Å². The molecule has 0 bridgehead atoms. The number of amides is 1. The number of H-pyrrole nitrogens is 1. The van der Waals surface area contributed by atoms with Crippen molar-refractivity contribution in [1.82, 2.24) is 14.9 Å². The Morgan fingerprint density at radius 3 is 2.96 bits per heavy atom. The van der Waals surface area contributed by atoms with E-state index in [0.717, 1.165) is 24.0 Å². The standard InChI is InChI=1S/C20H22N4O/c1-24(2)15-6-8-19-17(11-15)16-10-14(5-7-18(16)23-19)22-20(25)13-4-3-9-21-12-13/h3-5,7,9-10,12,15,23H,6,8,11H2,1-2H3,(H,22,25). The first-order chi connectivity index (χ1) is 12.1. The Hall–Kier alpha value is -2.66. The Morgan fingerprint density at radius 2 is 2.20 bits per heavy atom. The van der Waals surface area contributed by atoms with Crippen LogP contribution in [0.3, 0.4) is 0 Å². The molecule has 1 aliphatic carbocycles. The summed E-state index contributed by atoms with van der Waals surface area (Å²) in [6.45, 7) is 0. The lowest BCUT2D eigenvalue weighted by atomic mass is 9.91. The maximum Gasteiger partial charge on any atom is 0.257 e. The van der Waals surface area contributed by atoms with Crippen LogP contribution in [0, 0.1) is 0 Å². The zero-order valence-corrected chi connectivity index (χ0v) is 14.5. The number of nitrogens with zero attached hydrogens (tertiary/aromatic N) is 2. The van der Waals surface area contributed by atoms with Crippen molar-refractivity contribution in [3.05, 3.63) is 59.5 Å². The van der Waals surface area contributed by atoms with Crippen molar-refractivity contribution < 1.29 is 4.79 Å². The lowest BCUT2D eigenvalue weighted by molar-refractivity contribution is 0.102. The summed E-state index contributed by atoms with van der Waals surface area (Å²) in [5, 5.41) is 4.19. The van der Waals surface area contributed by atoms with Gasteiger partial charge >= 0.3 is 0 Å². The van der Waals surface area contributed by atoms with Crippen LogP contribution in [0.15, 0.2) is 42.7 Å². The van der Waals surface area contributed by atoms with Gasteiger partial charge in [-0.15, -0.1) is 0 Å². The average molecular weight is 334 g/mol. The third kappa shape index (κ3) is 3.03. The van der Waals surface area contributed by atoms with Crippen LogP contribution in [0.2, 0.25) is 0 Å².